The molecule has 1 aliphatic rings. The predicted molar refractivity (Wildman–Crippen MR) is 124 cm³/mol. The molecule has 1 aromatic heterocycles. The molecule has 1 saturated carbocycles. The van der Waals surface area contributed by atoms with Crippen LogP contribution in [0.4, 0.5) is 0 Å². The van der Waals surface area contributed by atoms with Gasteiger partial charge in [-0.15, -0.1) is 0 Å². The Morgan fingerprint density at radius 1 is 1.25 bits per heavy atom. The van der Waals surface area contributed by atoms with Gasteiger partial charge in [0.1, 0.15) is 11.7 Å². The standard InChI is InChI=1S/C25H34N4O3/c1-17(2)14-19(16-26)27-24(31)20-9-4-5-10-21(20)28-25(32)23-15-18-8-3-6-11-22(18)29(23)12-7-13-30/h3,6,8,11,15,17,19-21,30H,4-5,7,9-10,12-14H2,1-2H3,(H,27,31)(H,28,32). The van der Waals surface area contributed by atoms with Crippen LogP contribution in [0, 0.1) is 23.2 Å². The van der Waals surface area contributed by atoms with Crippen LogP contribution in [-0.4, -0.2) is 40.2 Å². The lowest BCUT2D eigenvalue weighted by Gasteiger charge is -2.32. The minimum atomic E-state index is -0.512. The molecule has 7 heteroatoms. The number of amides is 2. The minimum Gasteiger partial charge on any atom is -0.396 e. The van der Waals surface area contributed by atoms with Crippen molar-refractivity contribution < 1.29 is 14.7 Å². The summed E-state index contributed by atoms with van der Waals surface area (Å²) in [6, 6.07) is 11.1. The van der Waals surface area contributed by atoms with Crippen molar-refractivity contribution in [2.45, 2.75) is 71.0 Å². The van der Waals surface area contributed by atoms with Crippen molar-refractivity contribution in [2.75, 3.05) is 6.61 Å². The highest BCUT2D eigenvalue weighted by Crippen LogP contribution is 2.26. The molecule has 0 saturated heterocycles. The zero-order chi connectivity index (χ0) is 23.1. The van der Waals surface area contributed by atoms with Crippen LogP contribution >= 0.6 is 0 Å². The molecule has 0 radical (unpaired) electrons. The highest BCUT2D eigenvalue weighted by molar-refractivity contribution is 5.99. The van der Waals surface area contributed by atoms with Crippen molar-refractivity contribution in [1.82, 2.24) is 15.2 Å². The smallest absolute Gasteiger partial charge is 0.268 e. The van der Waals surface area contributed by atoms with Crippen LogP contribution in [0.2, 0.25) is 0 Å². The molecule has 1 aliphatic carbocycles. The Bertz CT molecular complexity index is 975. The molecule has 2 aromatic rings. The van der Waals surface area contributed by atoms with Gasteiger partial charge in [-0.2, -0.15) is 5.26 Å². The Kier molecular flexibility index (Phi) is 8.29. The topological polar surface area (TPSA) is 107 Å². The largest absolute Gasteiger partial charge is 0.396 e. The normalized spacial score (nSPS) is 19.5. The van der Waals surface area contributed by atoms with E-state index in [-0.39, 0.29) is 30.4 Å². The summed E-state index contributed by atoms with van der Waals surface area (Å²) in [5, 5.41) is 25.7. The number of nitriles is 1. The number of aryl methyl sites for hydroxylation is 1. The van der Waals surface area contributed by atoms with E-state index in [4.69, 9.17) is 0 Å². The van der Waals surface area contributed by atoms with E-state index < -0.39 is 6.04 Å². The third-order valence-corrected chi connectivity index (χ3v) is 6.18. The second-order valence-corrected chi connectivity index (χ2v) is 9.11. The molecule has 3 N–H and O–H groups in total. The fraction of sp³-hybridized carbons (Fsp3) is 0.560. The third kappa shape index (κ3) is 5.68. The molecule has 32 heavy (non-hydrogen) atoms. The second-order valence-electron chi connectivity index (χ2n) is 9.11. The molecule has 1 fully saturated rings. The van der Waals surface area contributed by atoms with Gasteiger partial charge in [-0.05, 0) is 43.7 Å². The van der Waals surface area contributed by atoms with Gasteiger partial charge in [0.25, 0.3) is 5.91 Å². The molecular weight excluding hydrogens is 404 g/mol. The van der Waals surface area contributed by atoms with E-state index in [2.05, 4.69) is 16.7 Å². The van der Waals surface area contributed by atoms with Crippen molar-refractivity contribution in [2.24, 2.45) is 11.8 Å². The number of aliphatic hydroxyl groups excluding tert-OH is 1. The van der Waals surface area contributed by atoms with Gasteiger partial charge in [-0.1, -0.05) is 44.9 Å². The lowest BCUT2D eigenvalue weighted by Crippen LogP contribution is -2.50. The average molecular weight is 439 g/mol. The Morgan fingerprint density at radius 3 is 2.72 bits per heavy atom. The quantitative estimate of drug-likeness (QED) is 0.558. The fourth-order valence-electron chi connectivity index (χ4n) is 4.62. The first kappa shape index (κ1) is 23.8. The number of hydrogen-bond acceptors (Lipinski definition) is 4. The molecule has 7 nitrogen and oxygen atoms in total. The summed E-state index contributed by atoms with van der Waals surface area (Å²) in [4.78, 5) is 26.3. The van der Waals surface area contributed by atoms with Crippen LogP contribution in [0.5, 0.6) is 0 Å². The van der Waals surface area contributed by atoms with E-state index in [0.29, 0.717) is 37.4 Å². The summed E-state index contributed by atoms with van der Waals surface area (Å²) < 4.78 is 1.94. The Labute approximate surface area is 189 Å². The second kappa shape index (κ2) is 11.1. The lowest BCUT2D eigenvalue weighted by molar-refractivity contribution is -0.127. The van der Waals surface area contributed by atoms with Crippen molar-refractivity contribution in [3.63, 3.8) is 0 Å². The van der Waals surface area contributed by atoms with Gasteiger partial charge in [0, 0.05) is 30.1 Å². The highest BCUT2D eigenvalue weighted by atomic mass is 16.3. The molecule has 172 valence electrons. The number of aromatic nitrogens is 1. The maximum atomic E-state index is 13.3. The van der Waals surface area contributed by atoms with E-state index in [1.807, 2.05) is 48.7 Å². The van der Waals surface area contributed by atoms with Crippen molar-refractivity contribution in [3.8, 4) is 6.07 Å². The molecule has 3 atom stereocenters. The third-order valence-electron chi connectivity index (χ3n) is 6.18. The summed E-state index contributed by atoms with van der Waals surface area (Å²) in [5.41, 5.74) is 1.49. The Hall–Kier alpha value is -2.85. The molecule has 0 aliphatic heterocycles. The number of nitrogens with one attached hydrogen (secondary N) is 2. The van der Waals surface area contributed by atoms with Gasteiger partial charge in [0.15, 0.2) is 0 Å². The van der Waals surface area contributed by atoms with E-state index in [1.54, 1.807) is 0 Å². The lowest BCUT2D eigenvalue weighted by atomic mass is 9.83. The summed E-state index contributed by atoms with van der Waals surface area (Å²) in [5.74, 6) is -0.389. The van der Waals surface area contributed by atoms with Gasteiger partial charge in [-0.3, -0.25) is 9.59 Å². The summed E-state index contributed by atoms with van der Waals surface area (Å²) >= 11 is 0. The van der Waals surface area contributed by atoms with E-state index in [0.717, 1.165) is 30.2 Å². The number of benzene rings is 1. The number of fused-ring (bicyclic) bond motifs is 1. The number of rotatable bonds is 9. The van der Waals surface area contributed by atoms with Gasteiger partial charge in [0.05, 0.1) is 12.0 Å². The monoisotopic (exact) mass is 438 g/mol. The number of carbonyl (C=O) groups excluding carboxylic acids is 2. The fourth-order valence-corrected chi connectivity index (χ4v) is 4.62. The highest BCUT2D eigenvalue weighted by Gasteiger charge is 2.33. The zero-order valence-electron chi connectivity index (χ0n) is 19.0. The summed E-state index contributed by atoms with van der Waals surface area (Å²) in [7, 11) is 0. The molecule has 1 aromatic carbocycles. The van der Waals surface area contributed by atoms with E-state index in [1.165, 1.54) is 0 Å². The van der Waals surface area contributed by atoms with E-state index in [9.17, 15) is 20.0 Å². The van der Waals surface area contributed by atoms with Crippen LogP contribution in [0.1, 0.15) is 62.9 Å². The van der Waals surface area contributed by atoms with Crippen LogP contribution in [-0.2, 0) is 11.3 Å². The average Bonchev–Trinajstić information content (AvgIpc) is 3.15. The van der Waals surface area contributed by atoms with Gasteiger partial charge < -0.3 is 20.3 Å². The first-order valence-electron chi connectivity index (χ1n) is 11.6. The van der Waals surface area contributed by atoms with Gasteiger partial charge >= 0.3 is 0 Å². The first-order chi connectivity index (χ1) is 15.4. The summed E-state index contributed by atoms with van der Waals surface area (Å²) in [6.45, 7) is 4.64. The van der Waals surface area contributed by atoms with Crippen LogP contribution in [0.3, 0.4) is 0 Å². The summed E-state index contributed by atoms with van der Waals surface area (Å²) in [6.07, 6.45) is 4.49. The maximum absolute atomic E-state index is 13.3. The molecule has 2 amide bonds. The number of aliphatic hydroxyl groups is 1. The SMILES string of the molecule is CC(C)CC(C#N)NC(=O)C1CCCCC1NC(=O)c1cc2ccccc2n1CCCO. The maximum Gasteiger partial charge on any atom is 0.268 e. The van der Waals surface area contributed by atoms with Crippen LogP contribution in [0.15, 0.2) is 30.3 Å². The van der Waals surface area contributed by atoms with Gasteiger partial charge in [0.2, 0.25) is 5.91 Å². The molecular formula is C25H34N4O3. The zero-order valence-corrected chi connectivity index (χ0v) is 19.0. The number of nitrogens with zero attached hydrogens (tertiary/aromatic N) is 2. The first-order valence-corrected chi connectivity index (χ1v) is 11.6. The number of para-hydroxylation sites is 1. The number of hydrogen-bond donors (Lipinski definition) is 3. The number of carbonyl (C=O) groups is 2. The molecule has 0 bridgehead atoms. The van der Waals surface area contributed by atoms with E-state index >= 15 is 0 Å². The molecule has 0 spiro atoms. The Morgan fingerprint density at radius 2 is 2.00 bits per heavy atom. The van der Waals surface area contributed by atoms with Crippen molar-refractivity contribution in [1.29, 1.82) is 5.26 Å². The van der Waals surface area contributed by atoms with Crippen molar-refractivity contribution >= 4 is 22.7 Å². The van der Waals surface area contributed by atoms with Gasteiger partial charge in [-0.25, -0.2) is 0 Å². The predicted octanol–water partition coefficient (Wildman–Crippen LogP) is 3.37. The van der Waals surface area contributed by atoms with Crippen molar-refractivity contribution in [3.05, 3.63) is 36.0 Å². The molecule has 3 unspecified atom stereocenters. The molecule has 3 rings (SSSR count). The van der Waals surface area contributed by atoms with Crippen LogP contribution < -0.4 is 10.6 Å². The molecule has 1 heterocycles. The minimum absolute atomic E-state index is 0.0505. The Balaban J connectivity index is 1.77. The van der Waals surface area contributed by atoms with Crippen LogP contribution in [0.25, 0.3) is 10.9 Å².